The van der Waals surface area contributed by atoms with Crippen LogP contribution in [0.1, 0.15) is 400 Å². The van der Waals surface area contributed by atoms with E-state index in [1.807, 2.05) is 0 Å². The number of carbonyl (C=O) groups is 3. The predicted molar refractivity (Wildman–Crippen MR) is 330 cm³/mol. The lowest BCUT2D eigenvalue weighted by Crippen LogP contribution is -2.30. The Morgan fingerprint density at radius 1 is 0.250 bits per heavy atom. The summed E-state index contributed by atoms with van der Waals surface area (Å²) in [5.74, 6) is -0.834. The molecule has 0 N–H and O–H groups in total. The fraction of sp³-hybridized carbons (Fsp3) is 0.929. The lowest BCUT2D eigenvalue weighted by atomic mass is 10.0. The summed E-state index contributed by atoms with van der Waals surface area (Å²) in [7, 11) is 0. The average Bonchev–Trinajstić information content (AvgIpc) is 3.42. The number of esters is 3. The molecule has 0 amide bonds. The van der Waals surface area contributed by atoms with E-state index in [2.05, 4.69) is 32.9 Å². The zero-order valence-electron chi connectivity index (χ0n) is 51.8. The number of allylic oxidation sites excluding steroid dienone is 2. The molecule has 450 valence electrons. The van der Waals surface area contributed by atoms with E-state index in [9.17, 15) is 14.4 Å². The monoisotopic (exact) mass is 1070 g/mol. The molecule has 0 aliphatic heterocycles. The van der Waals surface area contributed by atoms with Crippen LogP contribution in [0, 0.1) is 0 Å². The maximum absolute atomic E-state index is 12.9. The van der Waals surface area contributed by atoms with Crippen molar-refractivity contribution in [3.05, 3.63) is 12.2 Å². The molecule has 0 aliphatic rings. The van der Waals surface area contributed by atoms with Crippen molar-refractivity contribution >= 4 is 17.9 Å². The third kappa shape index (κ3) is 63.0. The summed E-state index contributed by atoms with van der Waals surface area (Å²) in [6.45, 7) is 6.71. The molecular formula is C70H134O6. The van der Waals surface area contributed by atoms with Crippen LogP contribution in [-0.4, -0.2) is 37.2 Å². The Balaban J connectivity index is 4.16. The van der Waals surface area contributed by atoms with E-state index in [4.69, 9.17) is 14.2 Å². The highest BCUT2D eigenvalue weighted by molar-refractivity contribution is 5.71. The standard InChI is InChI=1S/C70H134O6/c1-4-7-10-13-16-19-22-25-27-29-31-32-33-34-35-36-37-38-40-41-43-45-48-51-54-57-60-63-69(72)75-66-67(65-74-68(71)62-59-56-53-50-47-24-21-18-15-12-9-6-3)76-70(73)64-61-58-55-52-49-46-44-42-39-30-28-26-23-20-17-14-11-8-5-2/h26,28,67H,4-25,27,29-66H2,1-3H3/b28-26-. The Morgan fingerprint density at radius 2 is 0.434 bits per heavy atom. The first-order chi connectivity index (χ1) is 37.5. The SMILES string of the molecule is CCCCCCCC/C=C\CCCCCCCCCCCC(=O)OC(COC(=O)CCCCCCCCCCCCCC)COC(=O)CCCCCCCCCCCCCCCCCCCCCCCCCCCCC. The Kier molecular flexibility index (Phi) is 64.1. The number of ether oxygens (including phenoxy) is 3. The third-order valence-corrected chi connectivity index (χ3v) is 16.0. The van der Waals surface area contributed by atoms with Gasteiger partial charge in [0, 0.05) is 19.3 Å². The number of rotatable bonds is 65. The van der Waals surface area contributed by atoms with Crippen molar-refractivity contribution in [2.24, 2.45) is 0 Å². The minimum Gasteiger partial charge on any atom is -0.462 e. The highest BCUT2D eigenvalue weighted by Crippen LogP contribution is 2.19. The summed E-state index contributed by atoms with van der Waals surface area (Å²) in [4.78, 5) is 38.3. The molecule has 0 fully saturated rings. The number of hydrogen-bond donors (Lipinski definition) is 0. The Labute approximate surface area is 475 Å². The lowest BCUT2D eigenvalue weighted by molar-refractivity contribution is -0.167. The summed E-state index contributed by atoms with van der Waals surface area (Å²) in [5, 5.41) is 0. The fourth-order valence-electron chi connectivity index (χ4n) is 10.8. The molecule has 1 atom stereocenters. The molecule has 0 rings (SSSR count). The Morgan fingerprint density at radius 3 is 0.658 bits per heavy atom. The first-order valence-corrected chi connectivity index (χ1v) is 34.7. The normalized spacial score (nSPS) is 12.0. The van der Waals surface area contributed by atoms with E-state index in [1.165, 1.54) is 302 Å². The van der Waals surface area contributed by atoms with Gasteiger partial charge in [0.1, 0.15) is 13.2 Å². The first kappa shape index (κ1) is 74.2. The Bertz CT molecular complexity index is 1180. The van der Waals surface area contributed by atoms with Crippen molar-refractivity contribution in [1.29, 1.82) is 0 Å². The molecule has 0 radical (unpaired) electrons. The van der Waals surface area contributed by atoms with Crippen LogP contribution >= 0.6 is 0 Å². The summed E-state index contributed by atoms with van der Waals surface area (Å²) in [6, 6.07) is 0. The van der Waals surface area contributed by atoms with E-state index >= 15 is 0 Å². The molecule has 0 aliphatic carbocycles. The maximum Gasteiger partial charge on any atom is 0.306 e. The fourth-order valence-corrected chi connectivity index (χ4v) is 10.8. The van der Waals surface area contributed by atoms with Crippen LogP contribution < -0.4 is 0 Å². The second-order valence-corrected chi connectivity index (χ2v) is 23.8. The molecule has 0 aromatic heterocycles. The van der Waals surface area contributed by atoms with Gasteiger partial charge in [0.2, 0.25) is 0 Å². The van der Waals surface area contributed by atoms with Gasteiger partial charge >= 0.3 is 17.9 Å². The predicted octanol–water partition coefficient (Wildman–Crippen LogP) is 23.6. The first-order valence-electron chi connectivity index (χ1n) is 34.7. The van der Waals surface area contributed by atoms with Gasteiger partial charge < -0.3 is 14.2 Å². The van der Waals surface area contributed by atoms with Gasteiger partial charge in [-0.1, -0.05) is 348 Å². The molecule has 6 heteroatoms. The number of hydrogen-bond acceptors (Lipinski definition) is 6. The van der Waals surface area contributed by atoms with Gasteiger partial charge in [0.05, 0.1) is 0 Å². The number of unbranched alkanes of at least 4 members (excludes halogenated alkanes) is 52. The van der Waals surface area contributed by atoms with E-state index in [1.54, 1.807) is 0 Å². The third-order valence-electron chi connectivity index (χ3n) is 16.0. The largest absolute Gasteiger partial charge is 0.462 e. The highest BCUT2D eigenvalue weighted by atomic mass is 16.6. The van der Waals surface area contributed by atoms with Gasteiger partial charge in [-0.15, -0.1) is 0 Å². The van der Waals surface area contributed by atoms with Gasteiger partial charge in [-0.2, -0.15) is 0 Å². The summed E-state index contributed by atoms with van der Waals surface area (Å²) >= 11 is 0. The molecule has 76 heavy (non-hydrogen) atoms. The van der Waals surface area contributed by atoms with E-state index in [-0.39, 0.29) is 31.1 Å². The van der Waals surface area contributed by atoms with Crippen molar-refractivity contribution < 1.29 is 28.6 Å². The molecule has 1 unspecified atom stereocenters. The van der Waals surface area contributed by atoms with Crippen LogP contribution in [0.2, 0.25) is 0 Å². The van der Waals surface area contributed by atoms with E-state index in [0.717, 1.165) is 57.8 Å². The van der Waals surface area contributed by atoms with Crippen LogP contribution in [0.15, 0.2) is 12.2 Å². The van der Waals surface area contributed by atoms with Crippen molar-refractivity contribution in [2.45, 2.75) is 406 Å². The van der Waals surface area contributed by atoms with Crippen molar-refractivity contribution in [3.8, 4) is 0 Å². The van der Waals surface area contributed by atoms with Crippen LogP contribution in [0.4, 0.5) is 0 Å². The summed E-state index contributed by atoms with van der Waals surface area (Å²) < 4.78 is 17.0. The van der Waals surface area contributed by atoms with Gasteiger partial charge in [-0.3, -0.25) is 14.4 Å². The molecule has 6 nitrogen and oxygen atoms in total. The second-order valence-electron chi connectivity index (χ2n) is 23.8. The minimum atomic E-state index is -0.767. The topological polar surface area (TPSA) is 78.9 Å². The average molecular weight is 1070 g/mol. The van der Waals surface area contributed by atoms with Crippen LogP contribution in [0.25, 0.3) is 0 Å². The minimum absolute atomic E-state index is 0.0640. The van der Waals surface area contributed by atoms with Gasteiger partial charge in [0.25, 0.3) is 0 Å². The van der Waals surface area contributed by atoms with E-state index < -0.39 is 6.10 Å². The van der Waals surface area contributed by atoms with Gasteiger partial charge in [-0.25, -0.2) is 0 Å². The van der Waals surface area contributed by atoms with Gasteiger partial charge in [0.15, 0.2) is 6.10 Å². The van der Waals surface area contributed by atoms with Crippen molar-refractivity contribution in [1.82, 2.24) is 0 Å². The molecule has 0 bridgehead atoms. The molecule has 0 spiro atoms. The number of carbonyl (C=O) groups excluding carboxylic acids is 3. The maximum atomic E-state index is 12.9. The van der Waals surface area contributed by atoms with Crippen molar-refractivity contribution in [3.63, 3.8) is 0 Å². The highest BCUT2D eigenvalue weighted by Gasteiger charge is 2.19. The zero-order chi connectivity index (χ0) is 55.0. The smallest absolute Gasteiger partial charge is 0.306 e. The molecule has 0 heterocycles. The summed E-state index contributed by atoms with van der Waals surface area (Å²) in [5.41, 5.74) is 0. The molecule has 0 aromatic carbocycles. The van der Waals surface area contributed by atoms with Gasteiger partial charge in [-0.05, 0) is 44.9 Å². The second kappa shape index (κ2) is 65.7. The Hall–Kier alpha value is -1.85. The van der Waals surface area contributed by atoms with Crippen molar-refractivity contribution in [2.75, 3.05) is 13.2 Å². The van der Waals surface area contributed by atoms with E-state index in [0.29, 0.717) is 19.3 Å². The summed E-state index contributed by atoms with van der Waals surface area (Å²) in [6.07, 6.45) is 78.1. The van der Waals surface area contributed by atoms with Crippen LogP contribution in [0.3, 0.4) is 0 Å². The van der Waals surface area contributed by atoms with Crippen LogP contribution in [-0.2, 0) is 28.6 Å². The molecule has 0 aromatic rings. The molecular weight excluding hydrogens is 937 g/mol. The zero-order valence-corrected chi connectivity index (χ0v) is 51.8. The lowest BCUT2D eigenvalue weighted by Gasteiger charge is -2.18. The molecule has 0 saturated heterocycles. The van der Waals surface area contributed by atoms with Crippen LogP contribution in [0.5, 0.6) is 0 Å². The molecule has 0 saturated carbocycles. The quantitative estimate of drug-likeness (QED) is 0.0261.